The van der Waals surface area contributed by atoms with Crippen molar-refractivity contribution >= 4 is 28.1 Å². The van der Waals surface area contributed by atoms with Gasteiger partial charge in [-0.2, -0.15) is 0 Å². The highest BCUT2D eigenvalue weighted by Gasteiger charge is 2.07. The van der Waals surface area contributed by atoms with Gasteiger partial charge in [0.2, 0.25) is 11.8 Å². The second-order valence-corrected chi connectivity index (χ2v) is 7.27. The predicted molar refractivity (Wildman–Crippen MR) is 105 cm³/mol. The Morgan fingerprint density at radius 3 is 2.64 bits per heavy atom. The van der Waals surface area contributed by atoms with Crippen LogP contribution in [0.2, 0.25) is 0 Å². The Hall–Kier alpha value is -2.20. The fraction of sp³-hybridized carbons (Fsp3) is 0.238. The van der Waals surface area contributed by atoms with Gasteiger partial charge in [0.05, 0.1) is 6.42 Å². The van der Waals surface area contributed by atoms with Gasteiger partial charge < -0.3 is 4.42 Å². The van der Waals surface area contributed by atoms with Crippen molar-refractivity contribution in [3.05, 3.63) is 81.0 Å². The number of rotatable bonds is 5. The summed E-state index contributed by atoms with van der Waals surface area (Å²) in [4.78, 5) is 0. The highest BCUT2D eigenvalue weighted by molar-refractivity contribution is 9.10. The smallest absolute Gasteiger partial charge is 0.240 e. The Balaban J connectivity index is 1.74. The molecule has 0 fully saturated rings. The summed E-state index contributed by atoms with van der Waals surface area (Å²) in [6.07, 6.45) is 4.54. The summed E-state index contributed by atoms with van der Waals surface area (Å²) in [6.45, 7) is 6.45. The zero-order valence-corrected chi connectivity index (χ0v) is 16.2. The summed E-state index contributed by atoms with van der Waals surface area (Å²) in [7, 11) is 0. The van der Waals surface area contributed by atoms with Crippen LogP contribution in [0, 0.1) is 6.92 Å². The molecule has 2 aromatic carbocycles. The van der Waals surface area contributed by atoms with Crippen molar-refractivity contribution in [2.24, 2.45) is 0 Å². The van der Waals surface area contributed by atoms with E-state index < -0.39 is 0 Å². The molecule has 0 saturated carbocycles. The van der Waals surface area contributed by atoms with Gasteiger partial charge in [0.25, 0.3) is 0 Å². The van der Waals surface area contributed by atoms with Gasteiger partial charge in [-0.05, 0) is 47.2 Å². The molecule has 0 radical (unpaired) electrons. The predicted octanol–water partition coefficient (Wildman–Crippen LogP) is 6.03. The van der Waals surface area contributed by atoms with Gasteiger partial charge in [0.15, 0.2) is 0 Å². The summed E-state index contributed by atoms with van der Waals surface area (Å²) in [6, 6.07) is 14.6. The van der Waals surface area contributed by atoms with Crippen molar-refractivity contribution in [1.82, 2.24) is 10.2 Å². The molecule has 0 unspecified atom stereocenters. The Kier molecular flexibility index (Phi) is 5.49. The minimum atomic E-state index is 0.471. The van der Waals surface area contributed by atoms with Crippen molar-refractivity contribution in [3.8, 4) is 0 Å². The van der Waals surface area contributed by atoms with E-state index in [-0.39, 0.29) is 0 Å². The van der Waals surface area contributed by atoms with Crippen LogP contribution in [0.15, 0.2) is 51.4 Å². The average Bonchev–Trinajstić information content (AvgIpc) is 3.04. The highest BCUT2D eigenvalue weighted by atomic mass is 79.9. The van der Waals surface area contributed by atoms with Gasteiger partial charge in [0, 0.05) is 10.5 Å². The molecule has 3 aromatic rings. The second kappa shape index (κ2) is 7.79. The monoisotopic (exact) mass is 396 g/mol. The van der Waals surface area contributed by atoms with E-state index in [1.807, 2.05) is 18.2 Å². The van der Waals surface area contributed by atoms with Crippen LogP contribution in [0.1, 0.15) is 53.8 Å². The molecular formula is C21H21BrN2O. The van der Waals surface area contributed by atoms with Crippen LogP contribution in [-0.2, 0) is 6.42 Å². The lowest BCUT2D eigenvalue weighted by molar-refractivity contribution is 0.496. The Bertz CT molecular complexity index is 896. The van der Waals surface area contributed by atoms with Crippen LogP contribution in [0.3, 0.4) is 0 Å². The van der Waals surface area contributed by atoms with E-state index >= 15 is 0 Å². The number of benzene rings is 2. The van der Waals surface area contributed by atoms with Gasteiger partial charge in [-0.3, -0.25) is 0 Å². The maximum absolute atomic E-state index is 5.76. The molecule has 25 heavy (non-hydrogen) atoms. The average molecular weight is 397 g/mol. The fourth-order valence-corrected chi connectivity index (χ4v) is 3.10. The number of hydrogen-bond donors (Lipinski definition) is 0. The van der Waals surface area contributed by atoms with E-state index in [1.54, 1.807) is 0 Å². The lowest BCUT2D eigenvalue weighted by atomic mass is 9.97. The normalized spacial score (nSPS) is 11.6. The van der Waals surface area contributed by atoms with Crippen LogP contribution < -0.4 is 0 Å². The minimum Gasteiger partial charge on any atom is -0.421 e. The van der Waals surface area contributed by atoms with Crippen LogP contribution in [0.25, 0.3) is 12.2 Å². The van der Waals surface area contributed by atoms with E-state index in [1.165, 1.54) is 16.7 Å². The number of halogens is 1. The Morgan fingerprint density at radius 2 is 1.88 bits per heavy atom. The largest absolute Gasteiger partial charge is 0.421 e. The van der Waals surface area contributed by atoms with Gasteiger partial charge >= 0.3 is 0 Å². The quantitative estimate of drug-likeness (QED) is 0.528. The standard InChI is InChI=1S/C21H21BrN2O/c1-14(2)18-7-5-4-6-17(18)10-11-20-23-24-21(25-20)13-16-9-8-15(3)19(22)12-16/h4-12,14H,13H2,1-3H3. The summed E-state index contributed by atoms with van der Waals surface area (Å²) in [5.41, 5.74) is 4.84. The van der Waals surface area contributed by atoms with Crippen LogP contribution in [0.5, 0.6) is 0 Å². The fourth-order valence-electron chi connectivity index (χ4n) is 2.68. The molecule has 0 saturated heterocycles. The molecule has 0 amide bonds. The van der Waals surface area contributed by atoms with Gasteiger partial charge in [0.1, 0.15) is 0 Å². The van der Waals surface area contributed by atoms with E-state index in [4.69, 9.17) is 4.42 Å². The van der Waals surface area contributed by atoms with Crippen LogP contribution >= 0.6 is 15.9 Å². The number of nitrogens with zero attached hydrogens (tertiary/aromatic N) is 2. The molecule has 0 spiro atoms. The lowest BCUT2D eigenvalue weighted by Crippen LogP contribution is -1.90. The van der Waals surface area contributed by atoms with Gasteiger partial charge in [-0.25, -0.2) is 0 Å². The van der Waals surface area contributed by atoms with Crippen molar-refractivity contribution in [1.29, 1.82) is 0 Å². The molecule has 0 N–H and O–H groups in total. The molecule has 3 nitrogen and oxygen atoms in total. The molecule has 0 atom stereocenters. The highest BCUT2D eigenvalue weighted by Crippen LogP contribution is 2.22. The number of aromatic nitrogens is 2. The van der Waals surface area contributed by atoms with Crippen LogP contribution in [0.4, 0.5) is 0 Å². The first-order valence-corrected chi connectivity index (χ1v) is 9.16. The Morgan fingerprint density at radius 1 is 1.08 bits per heavy atom. The van der Waals surface area contributed by atoms with Crippen molar-refractivity contribution in [2.75, 3.05) is 0 Å². The molecule has 1 aromatic heterocycles. The molecule has 1 heterocycles. The Labute approximate surface area is 156 Å². The third kappa shape index (κ3) is 4.45. The summed E-state index contributed by atoms with van der Waals surface area (Å²) in [5, 5.41) is 8.28. The number of hydrogen-bond acceptors (Lipinski definition) is 3. The zero-order valence-electron chi connectivity index (χ0n) is 14.7. The lowest BCUT2D eigenvalue weighted by Gasteiger charge is -2.08. The SMILES string of the molecule is Cc1ccc(Cc2nnc(C=Cc3ccccc3C(C)C)o2)cc1Br. The summed E-state index contributed by atoms with van der Waals surface area (Å²) in [5.74, 6) is 1.62. The summed E-state index contributed by atoms with van der Waals surface area (Å²) < 4.78 is 6.85. The molecular weight excluding hydrogens is 376 g/mol. The van der Waals surface area contributed by atoms with Crippen molar-refractivity contribution in [2.45, 2.75) is 33.1 Å². The molecule has 0 aliphatic carbocycles. The van der Waals surface area contributed by atoms with Crippen molar-refractivity contribution < 1.29 is 4.42 Å². The summed E-state index contributed by atoms with van der Waals surface area (Å²) >= 11 is 3.56. The first kappa shape index (κ1) is 17.6. The molecule has 4 heteroatoms. The van der Waals surface area contributed by atoms with Crippen molar-refractivity contribution in [3.63, 3.8) is 0 Å². The third-order valence-electron chi connectivity index (χ3n) is 4.10. The maximum atomic E-state index is 5.76. The molecule has 0 aliphatic heterocycles. The molecule has 128 valence electrons. The van der Waals surface area contributed by atoms with E-state index in [2.05, 4.69) is 83.3 Å². The third-order valence-corrected chi connectivity index (χ3v) is 4.95. The van der Waals surface area contributed by atoms with E-state index in [0.29, 0.717) is 24.1 Å². The molecule has 0 aliphatic rings. The molecule has 3 rings (SSSR count). The first-order valence-electron chi connectivity index (χ1n) is 8.37. The van der Waals surface area contributed by atoms with Crippen LogP contribution in [-0.4, -0.2) is 10.2 Å². The van der Waals surface area contributed by atoms with E-state index in [9.17, 15) is 0 Å². The maximum Gasteiger partial charge on any atom is 0.240 e. The van der Waals surface area contributed by atoms with E-state index in [0.717, 1.165) is 10.0 Å². The molecule has 0 bridgehead atoms. The zero-order chi connectivity index (χ0) is 17.8. The number of aryl methyl sites for hydroxylation is 1. The topological polar surface area (TPSA) is 38.9 Å². The second-order valence-electron chi connectivity index (χ2n) is 6.41. The van der Waals surface area contributed by atoms with Gasteiger partial charge in [-0.15, -0.1) is 10.2 Å². The first-order chi connectivity index (χ1) is 12.0. The van der Waals surface area contributed by atoms with Gasteiger partial charge in [-0.1, -0.05) is 66.2 Å². The minimum absolute atomic E-state index is 0.471.